The molecule has 0 aromatic rings. The van der Waals surface area contributed by atoms with Gasteiger partial charge in [-0.15, -0.1) is 0 Å². The van der Waals surface area contributed by atoms with E-state index >= 15 is 0 Å². The van der Waals surface area contributed by atoms with Crippen molar-refractivity contribution in [3.63, 3.8) is 0 Å². The second-order valence-electron chi connectivity index (χ2n) is 4.47. The molecular formula is C11H23N3O3S. The van der Waals surface area contributed by atoms with Gasteiger partial charge in [0, 0.05) is 6.54 Å². The molecule has 106 valence electrons. The molecule has 1 amide bonds. The lowest BCUT2D eigenvalue weighted by Crippen LogP contribution is -2.34. The summed E-state index contributed by atoms with van der Waals surface area (Å²) in [7, 11) is 0. The predicted molar refractivity (Wildman–Crippen MR) is 75.1 cm³/mol. The molecule has 6 nitrogen and oxygen atoms in total. The topological polar surface area (TPSA) is 85.9 Å². The molecule has 0 aliphatic carbocycles. The Balaban J connectivity index is 3.44. The van der Waals surface area contributed by atoms with Crippen LogP contribution in [0.3, 0.4) is 0 Å². The maximum absolute atomic E-state index is 11.2. The van der Waals surface area contributed by atoms with Crippen molar-refractivity contribution >= 4 is 23.0 Å². The maximum Gasteiger partial charge on any atom is 0.407 e. The molecule has 0 fully saturated rings. The number of hydrogen-bond donors (Lipinski definition) is 2. The average Bonchev–Trinajstić information content (AvgIpc) is 2.25. The van der Waals surface area contributed by atoms with E-state index in [9.17, 15) is 4.79 Å². The maximum atomic E-state index is 11.2. The normalized spacial score (nSPS) is 12.3. The minimum absolute atomic E-state index is 0.413. The number of amides is 1. The van der Waals surface area contributed by atoms with Gasteiger partial charge >= 0.3 is 6.09 Å². The highest BCUT2D eigenvalue weighted by atomic mass is 32.2. The van der Waals surface area contributed by atoms with Crippen LogP contribution in [0.5, 0.6) is 0 Å². The smallest absolute Gasteiger partial charge is 0.407 e. The Kier molecular flexibility index (Phi) is 8.57. The number of carbonyl (C=O) groups excluding carboxylic acids is 1. The molecule has 7 heteroatoms. The molecule has 0 aliphatic heterocycles. The third-order valence-electron chi connectivity index (χ3n) is 1.63. The highest BCUT2D eigenvalue weighted by Crippen LogP contribution is 2.05. The van der Waals surface area contributed by atoms with Crippen molar-refractivity contribution in [2.24, 2.45) is 10.7 Å². The van der Waals surface area contributed by atoms with Crippen LogP contribution in [0.2, 0.25) is 0 Å². The Bertz CT molecular complexity index is 277. The molecule has 0 heterocycles. The first-order valence-electron chi connectivity index (χ1n) is 5.73. The molecule has 3 N–H and O–H groups in total. The van der Waals surface area contributed by atoms with Crippen molar-refractivity contribution in [2.75, 3.05) is 32.6 Å². The monoisotopic (exact) mass is 277 g/mol. The van der Waals surface area contributed by atoms with Gasteiger partial charge in [0.2, 0.25) is 0 Å². The number of hydrogen-bond acceptors (Lipinski definition) is 5. The molecular weight excluding hydrogens is 254 g/mol. The van der Waals surface area contributed by atoms with E-state index in [-0.39, 0.29) is 0 Å². The third kappa shape index (κ3) is 11.5. The molecule has 0 saturated carbocycles. The van der Waals surface area contributed by atoms with Crippen molar-refractivity contribution < 1.29 is 14.3 Å². The Hall–Kier alpha value is -0.950. The summed E-state index contributed by atoms with van der Waals surface area (Å²) in [6, 6.07) is 0. The van der Waals surface area contributed by atoms with Crippen LogP contribution < -0.4 is 11.1 Å². The van der Waals surface area contributed by atoms with Gasteiger partial charge in [-0.25, -0.2) is 4.79 Å². The summed E-state index contributed by atoms with van der Waals surface area (Å²) in [5.74, 6) is 0. The van der Waals surface area contributed by atoms with Crippen molar-refractivity contribution in [1.29, 1.82) is 0 Å². The Morgan fingerprint density at radius 1 is 1.39 bits per heavy atom. The van der Waals surface area contributed by atoms with E-state index in [2.05, 4.69) is 10.3 Å². The lowest BCUT2D eigenvalue weighted by Gasteiger charge is -2.19. The molecule has 0 spiro atoms. The molecule has 0 rings (SSSR count). The van der Waals surface area contributed by atoms with Gasteiger partial charge in [-0.3, -0.25) is 4.99 Å². The molecule has 0 saturated heterocycles. The highest BCUT2D eigenvalue weighted by molar-refractivity contribution is 8.13. The van der Waals surface area contributed by atoms with Crippen LogP contribution in [0.25, 0.3) is 0 Å². The molecule has 0 unspecified atom stereocenters. The van der Waals surface area contributed by atoms with Crippen LogP contribution in [-0.2, 0) is 9.47 Å². The van der Waals surface area contributed by atoms with Crippen LogP contribution in [-0.4, -0.2) is 49.4 Å². The number of thioether (sulfide) groups is 1. The average molecular weight is 277 g/mol. The van der Waals surface area contributed by atoms with E-state index in [1.807, 2.05) is 27.0 Å². The Labute approximate surface area is 113 Å². The van der Waals surface area contributed by atoms with Crippen molar-refractivity contribution in [3.05, 3.63) is 0 Å². The number of ether oxygens (including phenoxy) is 2. The number of alkyl carbamates (subject to hydrolysis) is 1. The van der Waals surface area contributed by atoms with Gasteiger partial charge in [-0.05, 0) is 27.0 Å². The van der Waals surface area contributed by atoms with E-state index in [0.717, 1.165) is 0 Å². The Morgan fingerprint density at radius 2 is 2.06 bits per heavy atom. The number of nitrogens with two attached hydrogens (primary N) is 1. The number of amidine groups is 1. The van der Waals surface area contributed by atoms with Gasteiger partial charge in [0.05, 0.1) is 19.8 Å². The first-order chi connectivity index (χ1) is 8.35. The van der Waals surface area contributed by atoms with E-state index in [4.69, 9.17) is 15.2 Å². The van der Waals surface area contributed by atoms with E-state index in [1.165, 1.54) is 11.8 Å². The zero-order valence-corrected chi connectivity index (χ0v) is 12.3. The number of aliphatic imine (C=N–C) groups is 1. The lowest BCUT2D eigenvalue weighted by molar-refractivity contribution is 0.0501. The molecule has 0 aromatic heterocycles. The quantitative estimate of drug-likeness (QED) is 0.433. The fraction of sp³-hybridized carbons (Fsp3) is 0.818. The summed E-state index contributed by atoms with van der Waals surface area (Å²) in [5, 5.41) is 3.15. The van der Waals surface area contributed by atoms with Crippen LogP contribution in [0.1, 0.15) is 20.8 Å². The molecule has 0 radical (unpaired) electrons. The van der Waals surface area contributed by atoms with Gasteiger partial charge in [0.25, 0.3) is 0 Å². The first-order valence-corrected chi connectivity index (χ1v) is 6.96. The molecule has 18 heavy (non-hydrogen) atoms. The van der Waals surface area contributed by atoms with E-state index in [0.29, 0.717) is 31.5 Å². The van der Waals surface area contributed by atoms with Crippen molar-refractivity contribution in [2.45, 2.75) is 26.4 Å². The first kappa shape index (κ1) is 17.1. The second-order valence-corrected chi connectivity index (χ2v) is 5.29. The minimum Gasteiger partial charge on any atom is -0.444 e. The third-order valence-corrected chi connectivity index (χ3v) is 2.17. The number of nitrogens with one attached hydrogen (secondary N) is 1. The second kappa shape index (κ2) is 9.04. The molecule has 0 atom stereocenters. The summed E-state index contributed by atoms with van der Waals surface area (Å²) in [6.45, 7) is 7.30. The number of rotatable bonds is 6. The summed E-state index contributed by atoms with van der Waals surface area (Å²) in [4.78, 5) is 15.3. The largest absolute Gasteiger partial charge is 0.444 e. The van der Waals surface area contributed by atoms with Gasteiger partial charge in [0.1, 0.15) is 5.60 Å². The van der Waals surface area contributed by atoms with Crippen LogP contribution >= 0.6 is 11.8 Å². The lowest BCUT2D eigenvalue weighted by atomic mass is 10.2. The molecule has 0 bridgehead atoms. The molecule has 0 aliphatic rings. The van der Waals surface area contributed by atoms with Crippen LogP contribution in [0, 0.1) is 0 Å². The van der Waals surface area contributed by atoms with E-state index in [1.54, 1.807) is 0 Å². The highest BCUT2D eigenvalue weighted by Gasteiger charge is 2.15. The zero-order valence-electron chi connectivity index (χ0n) is 11.5. The summed E-state index contributed by atoms with van der Waals surface area (Å²) < 4.78 is 10.3. The SMILES string of the molecule is CSC(N)=NCCOCCNC(=O)OC(C)(C)C. The summed E-state index contributed by atoms with van der Waals surface area (Å²) >= 11 is 1.40. The molecule has 0 aromatic carbocycles. The van der Waals surface area contributed by atoms with Crippen LogP contribution in [0.15, 0.2) is 4.99 Å². The standard InChI is InChI=1S/C11H23N3O3S/c1-11(2,3)17-10(15)14-6-8-16-7-5-13-9(12)18-4/h5-8H2,1-4H3,(H2,12,13)(H,14,15). The number of carbonyl (C=O) groups is 1. The zero-order chi connectivity index (χ0) is 14.0. The van der Waals surface area contributed by atoms with Gasteiger partial charge < -0.3 is 20.5 Å². The van der Waals surface area contributed by atoms with Crippen molar-refractivity contribution in [1.82, 2.24) is 5.32 Å². The van der Waals surface area contributed by atoms with Gasteiger partial charge in [0.15, 0.2) is 5.17 Å². The predicted octanol–water partition coefficient (Wildman–Crippen LogP) is 1.21. The summed E-state index contributed by atoms with van der Waals surface area (Å²) in [6.07, 6.45) is 1.43. The van der Waals surface area contributed by atoms with Crippen molar-refractivity contribution in [3.8, 4) is 0 Å². The Morgan fingerprint density at radius 3 is 2.61 bits per heavy atom. The fourth-order valence-corrected chi connectivity index (χ4v) is 1.15. The van der Waals surface area contributed by atoms with Crippen LogP contribution in [0.4, 0.5) is 4.79 Å². The summed E-state index contributed by atoms with van der Waals surface area (Å²) in [5.41, 5.74) is 5.02. The van der Waals surface area contributed by atoms with Gasteiger partial charge in [-0.2, -0.15) is 0 Å². The minimum atomic E-state index is -0.477. The fourth-order valence-electron chi connectivity index (χ4n) is 0.926. The van der Waals surface area contributed by atoms with Gasteiger partial charge in [-0.1, -0.05) is 11.8 Å². The number of nitrogens with zero attached hydrogens (tertiary/aromatic N) is 1. The van der Waals surface area contributed by atoms with E-state index < -0.39 is 11.7 Å².